The van der Waals surface area contributed by atoms with Gasteiger partial charge in [-0.05, 0) is 47.9 Å². The molecule has 4 rings (SSSR count). The number of hydrogen-bond acceptors (Lipinski definition) is 3. The second-order valence-corrected chi connectivity index (χ2v) is 6.61. The number of aromatic carboxylic acids is 1. The minimum Gasteiger partial charge on any atom is -0.478 e. The van der Waals surface area contributed by atoms with Crippen LogP contribution in [0.3, 0.4) is 0 Å². The first kappa shape index (κ1) is 17.5. The smallest absolute Gasteiger partial charge is 0.335 e. The monoisotopic (exact) mass is 367 g/mol. The molecule has 3 aromatic carbocycles. The molecule has 136 valence electrons. The molecule has 0 saturated carbocycles. The molecule has 1 heterocycles. The summed E-state index contributed by atoms with van der Waals surface area (Å²) < 4.78 is 2.01. The second-order valence-electron chi connectivity index (χ2n) is 6.61. The predicted octanol–water partition coefficient (Wildman–Crippen LogP) is 4.63. The summed E-state index contributed by atoms with van der Waals surface area (Å²) in [7, 11) is 0. The highest BCUT2D eigenvalue weighted by molar-refractivity contribution is 5.92. The van der Waals surface area contributed by atoms with Gasteiger partial charge in [0.25, 0.3) is 0 Å². The Bertz CT molecular complexity index is 1230. The maximum absolute atomic E-state index is 11.3. The van der Waals surface area contributed by atoms with Gasteiger partial charge in [-0.3, -0.25) is 0 Å². The summed E-state index contributed by atoms with van der Waals surface area (Å²) in [5.74, 6) is -0.121. The molecular weight excluding hydrogens is 350 g/mol. The molecule has 5 heteroatoms. The highest BCUT2D eigenvalue weighted by Crippen LogP contribution is 2.25. The summed E-state index contributed by atoms with van der Waals surface area (Å²) in [5, 5.41) is 18.6. The van der Waals surface area contributed by atoms with Gasteiger partial charge in [0, 0.05) is 6.54 Å². The number of imidazole rings is 1. The maximum atomic E-state index is 11.3. The molecule has 0 aliphatic heterocycles. The predicted molar refractivity (Wildman–Crippen MR) is 107 cm³/mol. The van der Waals surface area contributed by atoms with Crippen molar-refractivity contribution >= 4 is 17.0 Å². The highest BCUT2D eigenvalue weighted by Gasteiger charge is 2.12. The number of carbonyl (C=O) groups is 1. The number of aromatic nitrogens is 2. The fourth-order valence-corrected chi connectivity index (χ4v) is 3.38. The van der Waals surface area contributed by atoms with Crippen LogP contribution in [0.2, 0.25) is 0 Å². The van der Waals surface area contributed by atoms with Gasteiger partial charge in [-0.15, -0.1) is 0 Å². The molecule has 0 amide bonds. The minimum absolute atomic E-state index is 0.247. The SMILES string of the molecule is Cc1nc2ccc(C(=O)O)cc2n1Cc1ccc(-c2ccccc2C#N)cc1. The molecule has 0 aliphatic carbocycles. The maximum Gasteiger partial charge on any atom is 0.335 e. The number of nitrogens with zero attached hydrogens (tertiary/aromatic N) is 3. The Hall–Kier alpha value is -3.91. The standard InChI is InChI=1S/C23H17N3O2/c1-15-25-21-11-10-18(23(27)28)12-22(21)26(15)14-16-6-8-17(9-7-16)20-5-3-2-4-19(20)13-24/h2-12H,14H2,1H3,(H,27,28). The minimum atomic E-state index is -0.951. The van der Waals surface area contributed by atoms with Crippen LogP contribution in [0.1, 0.15) is 27.3 Å². The number of benzene rings is 3. The lowest BCUT2D eigenvalue weighted by Gasteiger charge is -2.09. The van der Waals surface area contributed by atoms with Crippen molar-refractivity contribution in [2.75, 3.05) is 0 Å². The van der Waals surface area contributed by atoms with Crippen molar-refractivity contribution in [1.29, 1.82) is 5.26 Å². The van der Waals surface area contributed by atoms with E-state index in [0.29, 0.717) is 12.1 Å². The average molecular weight is 367 g/mol. The molecule has 4 aromatic rings. The van der Waals surface area contributed by atoms with Crippen molar-refractivity contribution < 1.29 is 9.90 Å². The van der Waals surface area contributed by atoms with Crippen molar-refractivity contribution in [1.82, 2.24) is 9.55 Å². The van der Waals surface area contributed by atoms with Crippen LogP contribution in [-0.4, -0.2) is 20.6 Å². The van der Waals surface area contributed by atoms with Gasteiger partial charge in [0.2, 0.25) is 0 Å². The van der Waals surface area contributed by atoms with E-state index in [0.717, 1.165) is 33.5 Å². The van der Waals surface area contributed by atoms with Crippen LogP contribution in [0.15, 0.2) is 66.7 Å². The Balaban J connectivity index is 1.68. The fraction of sp³-hybridized carbons (Fsp3) is 0.0870. The van der Waals surface area contributed by atoms with Crippen molar-refractivity contribution in [2.24, 2.45) is 0 Å². The zero-order valence-corrected chi connectivity index (χ0v) is 15.3. The Morgan fingerprint density at radius 1 is 1.11 bits per heavy atom. The van der Waals surface area contributed by atoms with Crippen LogP contribution in [0.5, 0.6) is 0 Å². The first-order valence-electron chi connectivity index (χ1n) is 8.85. The highest BCUT2D eigenvalue weighted by atomic mass is 16.4. The number of fused-ring (bicyclic) bond motifs is 1. The van der Waals surface area contributed by atoms with Gasteiger partial charge in [-0.25, -0.2) is 9.78 Å². The summed E-state index contributed by atoms with van der Waals surface area (Å²) in [6, 6.07) is 22.8. The Labute approximate surface area is 162 Å². The van der Waals surface area contributed by atoms with Gasteiger partial charge in [0.05, 0.1) is 28.2 Å². The number of hydrogen-bond donors (Lipinski definition) is 1. The molecule has 28 heavy (non-hydrogen) atoms. The van der Waals surface area contributed by atoms with E-state index in [1.165, 1.54) is 0 Å². The molecule has 0 fully saturated rings. The second kappa shape index (κ2) is 7.01. The number of carboxylic acids is 1. The van der Waals surface area contributed by atoms with Gasteiger partial charge in [-0.2, -0.15) is 5.26 Å². The molecule has 0 atom stereocenters. The first-order valence-corrected chi connectivity index (χ1v) is 8.85. The van der Waals surface area contributed by atoms with Gasteiger partial charge in [0.15, 0.2) is 0 Å². The molecule has 0 saturated heterocycles. The average Bonchev–Trinajstić information content (AvgIpc) is 3.03. The first-order chi connectivity index (χ1) is 13.6. The van der Waals surface area contributed by atoms with Gasteiger partial charge < -0.3 is 9.67 Å². The molecule has 0 radical (unpaired) electrons. The quantitative estimate of drug-likeness (QED) is 0.570. The van der Waals surface area contributed by atoms with Crippen LogP contribution < -0.4 is 0 Å². The van der Waals surface area contributed by atoms with Crippen LogP contribution in [-0.2, 0) is 6.54 Å². The number of rotatable bonds is 4. The molecule has 5 nitrogen and oxygen atoms in total. The Kier molecular flexibility index (Phi) is 4.38. The number of aryl methyl sites for hydroxylation is 1. The number of nitriles is 1. The summed E-state index contributed by atoms with van der Waals surface area (Å²) in [6.07, 6.45) is 0. The molecule has 0 unspecified atom stereocenters. The number of carboxylic acid groups (broad SMARTS) is 1. The van der Waals surface area contributed by atoms with E-state index in [-0.39, 0.29) is 5.56 Å². The van der Waals surface area contributed by atoms with Crippen molar-refractivity contribution in [3.8, 4) is 17.2 Å². The van der Waals surface area contributed by atoms with Crippen LogP contribution in [0, 0.1) is 18.3 Å². The van der Waals surface area contributed by atoms with E-state index in [4.69, 9.17) is 0 Å². The molecule has 0 aliphatic rings. The summed E-state index contributed by atoms with van der Waals surface area (Å²) in [6.45, 7) is 2.50. The van der Waals surface area contributed by atoms with E-state index in [9.17, 15) is 15.2 Å². The van der Waals surface area contributed by atoms with Gasteiger partial charge in [0.1, 0.15) is 5.82 Å². The van der Waals surface area contributed by atoms with Gasteiger partial charge >= 0.3 is 5.97 Å². The topological polar surface area (TPSA) is 78.9 Å². The third-order valence-corrected chi connectivity index (χ3v) is 4.84. The molecule has 0 spiro atoms. The van der Waals surface area contributed by atoms with Crippen LogP contribution in [0.25, 0.3) is 22.2 Å². The summed E-state index contributed by atoms with van der Waals surface area (Å²) in [5.41, 5.74) is 5.44. The summed E-state index contributed by atoms with van der Waals surface area (Å²) in [4.78, 5) is 15.8. The largest absolute Gasteiger partial charge is 0.478 e. The zero-order chi connectivity index (χ0) is 19.7. The van der Waals surface area contributed by atoms with Crippen LogP contribution in [0.4, 0.5) is 0 Å². The Morgan fingerprint density at radius 3 is 2.57 bits per heavy atom. The Morgan fingerprint density at radius 2 is 1.86 bits per heavy atom. The van der Waals surface area contributed by atoms with E-state index in [1.807, 2.05) is 60.0 Å². The summed E-state index contributed by atoms with van der Waals surface area (Å²) >= 11 is 0. The van der Waals surface area contributed by atoms with E-state index >= 15 is 0 Å². The molecule has 0 bridgehead atoms. The lowest BCUT2D eigenvalue weighted by molar-refractivity contribution is 0.0697. The zero-order valence-electron chi connectivity index (χ0n) is 15.3. The van der Waals surface area contributed by atoms with Crippen molar-refractivity contribution in [3.63, 3.8) is 0 Å². The van der Waals surface area contributed by atoms with Crippen molar-refractivity contribution in [2.45, 2.75) is 13.5 Å². The fourth-order valence-electron chi connectivity index (χ4n) is 3.38. The molecular formula is C23H17N3O2. The van der Waals surface area contributed by atoms with E-state index in [1.54, 1.807) is 18.2 Å². The van der Waals surface area contributed by atoms with Gasteiger partial charge in [-0.1, -0.05) is 42.5 Å². The lowest BCUT2D eigenvalue weighted by atomic mass is 9.99. The third kappa shape index (κ3) is 3.12. The van der Waals surface area contributed by atoms with E-state index in [2.05, 4.69) is 11.1 Å². The lowest BCUT2D eigenvalue weighted by Crippen LogP contribution is -2.03. The normalized spacial score (nSPS) is 10.7. The molecule has 1 aromatic heterocycles. The molecule has 1 N–H and O–H groups in total. The third-order valence-electron chi connectivity index (χ3n) is 4.84. The van der Waals surface area contributed by atoms with Crippen molar-refractivity contribution in [3.05, 3.63) is 89.2 Å². The van der Waals surface area contributed by atoms with E-state index < -0.39 is 5.97 Å². The van der Waals surface area contributed by atoms with Crippen LogP contribution >= 0.6 is 0 Å².